The van der Waals surface area contributed by atoms with Crippen molar-refractivity contribution in [2.45, 2.75) is 0 Å². The Kier molecular flexibility index (Phi) is 5.50. The van der Waals surface area contributed by atoms with Crippen LogP contribution in [0.15, 0.2) is 152 Å². The van der Waals surface area contributed by atoms with Gasteiger partial charge in [0.15, 0.2) is 0 Å². The third-order valence-electron chi connectivity index (χ3n) is 8.63. The van der Waals surface area contributed by atoms with Gasteiger partial charge in [-0.1, -0.05) is 109 Å². The second-order valence-electron chi connectivity index (χ2n) is 11.3. The summed E-state index contributed by atoms with van der Waals surface area (Å²) >= 11 is 0. The smallest absolute Gasteiger partial charge is 0.0979 e. The number of para-hydroxylation sites is 1. The number of aromatic nitrogens is 3. The van der Waals surface area contributed by atoms with Crippen LogP contribution < -0.4 is 0 Å². The predicted octanol–water partition coefficient (Wildman–Crippen LogP) is 10.6. The summed E-state index contributed by atoms with van der Waals surface area (Å²) in [7, 11) is 0. The molecule has 3 heterocycles. The molecule has 3 heteroatoms. The van der Waals surface area contributed by atoms with E-state index in [2.05, 4.69) is 133 Å². The molecular formula is C41H25N3. The van der Waals surface area contributed by atoms with E-state index in [0.717, 1.165) is 66.4 Å². The summed E-state index contributed by atoms with van der Waals surface area (Å²) in [6, 6.07) is 51.5. The molecule has 0 aliphatic heterocycles. The zero-order valence-electron chi connectivity index (χ0n) is 23.8. The minimum Gasteiger partial charge on any atom is -0.254 e. The van der Waals surface area contributed by atoms with Crippen molar-refractivity contribution in [3.63, 3.8) is 0 Å². The summed E-state index contributed by atoms with van der Waals surface area (Å²) in [6.45, 7) is 0. The molecule has 0 amide bonds. The largest absolute Gasteiger partial charge is 0.254 e. The number of nitrogens with zero attached hydrogens (tertiary/aromatic N) is 3. The van der Waals surface area contributed by atoms with Gasteiger partial charge >= 0.3 is 0 Å². The quantitative estimate of drug-likeness (QED) is 0.160. The Balaban J connectivity index is 1.37. The number of hydrogen-bond acceptors (Lipinski definition) is 3. The first-order chi connectivity index (χ1) is 21.8. The van der Waals surface area contributed by atoms with Gasteiger partial charge in [0.1, 0.15) is 0 Å². The van der Waals surface area contributed by atoms with Gasteiger partial charge in [-0.25, -0.2) is 9.97 Å². The fraction of sp³-hybridized carbons (Fsp3) is 0. The van der Waals surface area contributed by atoms with Gasteiger partial charge in [-0.2, -0.15) is 0 Å². The van der Waals surface area contributed by atoms with Gasteiger partial charge in [0.2, 0.25) is 0 Å². The summed E-state index contributed by atoms with van der Waals surface area (Å²) < 4.78 is 0. The van der Waals surface area contributed by atoms with Crippen molar-refractivity contribution >= 4 is 54.3 Å². The van der Waals surface area contributed by atoms with Gasteiger partial charge in [0, 0.05) is 33.5 Å². The first kappa shape index (κ1) is 24.6. The highest BCUT2D eigenvalue weighted by atomic mass is 14.8. The molecule has 6 aromatic carbocycles. The Bertz CT molecular complexity index is 2470. The van der Waals surface area contributed by atoms with Crippen LogP contribution >= 0.6 is 0 Å². The minimum absolute atomic E-state index is 0.891. The fourth-order valence-corrected chi connectivity index (χ4v) is 6.46. The molecule has 0 saturated heterocycles. The highest BCUT2D eigenvalue weighted by Crippen LogP contribution is 2.39. The van der Waals surface area contributed by atoms with Crippen LogP contribution in [-0.2, 0) is 0 Å². The van der Waals surface area contributed by atoms with Gasteiger partial charge in [-0.15, -0.1) is 0 Å². The zero-order chi connectivity index (χ0) is 29.0. The van der Waals surface area contributed by atoms with Crippen LogP contribution in [0, 0.1) is 0 Å². The van der Waals surface area contributed by atoms with E-state index in [1.807, 2.05) is 18.3 Å². The molecular weight excluding hydrogens is 534 g/mol. The van der Waals surface area contributed by atoms with Crippen LogP contribution in [0.1, 0.15) is 0 Å². The Morgan fingerprint density at radius 1 is 0.364 bits per heavy atom. The summed E-state index contributed by atoms with van der Waals surface area (Å²) in [4.78, 5) is 15.3. The molecule has 204 valence electrons. The molecule has 44 heavy (non-hydrogen) atoms. The molecule has 0 bridgehead atoms. The fourth-order valence-electron chi connectivity index (χ4n) is 6.46. The predicted molar refractivity (Wildman–Crippen MR) is 184 cm³/mol. The second kappa shape index (κ2) is 9.82. The zero-order valence-corrected chi connectivity index (χ0v) is 23.8. The molecule has 3 aromatic heterocycles. The SMILES string of the molecule is c1ccc2cc(-c3cc(-c4ccc5ccccc5c4)nc(-c4c5ccccc5nc5c4ccc4cccnc45)c3)ccc2c1. The maximum atomic E-state index is 5.40. The highest BCUT2D eigenvalue weighted by molar-refractivity contribution is 6.15. The number of pyridine rings is 3. The molecule has 0 aliphatic carbocycles. The van der Waals surface area contributed by atoms with E-state index < -0.39 is 0 Å². The highest BCUT2D eigenvalue weighted by Gasteiger charge is 2.17. The van der Waals surface area contributed by atoms with Crippen LogP contribution in [0.5, 0.6) is 0 Å². The van der Waals surface area contributed by atoms with E-state index in [0.29, 0.717) is 0 Å². The van der Waals surface area contributed by atoms with Crippen molar-refractivity contribution in [2.24, 2.45) is 0 Å². The molecule has 3 nitrogen and oxygen atoms in total. The van der Waals surface area contributed by atoms with Gasteiger partial charge < -0.3 is 0 Å². The molecule has 0 N–H and O–H groups in total. The van der Waals surface area contributed by atoms with Gasteiger partial charge in [0.05, 0.1) is 27.9 Å². The number of hydrogen-bond donors (Lipinski definition) is 0. The van der Waals surface area contributed by atoms with Crippen molar-refractivity contribution in [3.05, 3.63) is 152 Å². The third kappa shape index (κ3) is 4.02. The molecule has 0 radical (unpaired) electrons. The van der Waals surface area contributed by atoms with Crippen molar-refractivity contribution in [2.75, 3.05) is 0 Å². The van der Waals surface area contributed by atoms with E-state index in [-0.39, 0.29) is 0 Å². The maximum Gasteiger partial charge on any atom is 0.0979 e. The van der Waals surface area contributed by atoms with Crippen molar-refractivity contribution in [3.8, 4) is 33.6 Å². The number of rotatable bonds is 3. The number of fused-ring (bicyclic) bond motifs is 6. The van der Waals surface area contributed by atoms with Crippen molar-refractivity contribution in [1.82, 2.24) is 15.0 Å². The molecule has 0 atom stereocenters. The molecule has 0 spiro atoms. The summed E-state index contributed by atoms with van der Waals surface area (Å²) in [5, 5.41) is 8.04. The summed E-state index contributed by atoms with van der Waals surface area (Å²) in [5.41, 5.74) is 9.01. The van der Waals surface area contributed by atoms with E-state index in [1.54, 1.807) is 0 Å². The topological polar surface area (TPSA) is 38.7 Å². The molecule has 0 fully saturated rings. The van der Waals surface area contributed by atoms with Crippen LogP contribution in [0.4, 0.5) is 0 Å². The second-order valence-corrected chi connectivity index (χ2v) is 11.3. The van der Waals surface area contributed by atoms with E-state index in [4.69, 9.17) is 15.0 Å². The average molecular weight is 560 g/mol. The minimum atomic E-state index is 0.891. The van der Waals surface area contributed by atoms with Crippen LogP contribution in [-0.4, -0.2) is 15.0 Å². The van der Waals surface area contributed by atoms with E-state index in [1.165, 1.54) is 21.5 Å². The monoisotopic (exact) mass is 559 g/mol. The molecule has 0 saturated carbocycles. The maximum absolute atomic E-state index is 5.40. The average Bonchev–Trinajstić information content (AvgIpc) is 3.10. The standard InChI is InChI=1S/C41H25N3/c1-3-10-29-22-31(17-15-26(29)8-1)33-24-37(32-18-16-27-9-2-4-11-30(27)23-32)43-38(25-33)39-34-13-5-6-14-36(34)44-41-35(39)20-19-28-12-7-21-42-40(28)41/h1-25H. The summed E-state index contributed by atoms with van der Waals surface area (Å²) in [6.07, 6.45) is 1.84. The normalized spacial score (nSPS) is 11.6. The van der Waals surface area contributed by atoms with E-state index in [9.17, 15) is 0 Å². The lowest BCUT2D eigenvalue weighted by molar-refractivity contribution is 1.33. The Morgan fingerprint density at radius 2 is 1.00 bits per heavy atom. The van der Waals surface area contributed by atoms with Crippen LogP contribution in [0.2, 0.25) is 0 Å². The summed E-state index contributed by atoms with van der Waals surface area (Å²) in [5.74, 6) is 0. The first-order valence-electron chi connectivity index (χ1n) is 14.9. The number of benzene rings is 6. The Labute approximate surface area is 254 Å². The third-order valence-corrected chi connectivity index (χ3v) is 8.63. The lowest BCUT2D eigenvalue weighted by Crippen LogP contribution is -1.96. The molecule has 0 aliphatic rings. The lowest BCUT2D eigenvalue weighted by Gasteiger charge is -2.15. The van der Waals surface area contributed by atoms with Gasteiger partial charge in [-0.05, 0) is 69.1 Å². The first-order valence-corrected chi connectivity index (χ1v) is 14.9. The van der Waals surface area contributed by atoms with Crippen LogP contribution in [0.25, 0.3) is 87.9 Å². The van der Waals surface area contributed by atoms with Gasteiger partial charge in [0.25, 0.3) is 0 Å². The molecule has 9 rings (SSSR count). The molecule has 9 aromatic rings. The Hall–Kier alpha value is -5.93. The van der Waals surface area contributed by atoms with Crippen molar-refractivity contribution in [1.29, 1.82) is 0 Å². The van der Waals surface area contributed by atoms with E-state index >= 15 is 0 Å². The lowest BCUT2D eigenvalue weighted by atomic mass is 9.94. The molecule has 0 unspecified atom stereocenters. The van der Waals surface area contributed by atoms with Crippen LogP contribution in [0.3, 0.4) is 0 Å². The van der Waals surface area contributed by atoms with Gasteiger partial charge in [-0.3, -0.25) is 4.98 Å². The Morgan fingerprint density at radius 3 is 1.82 bits per heavy atom. The van der Waals surface area contributed by atoms with Crippen molar-refractivity contribution < 1.29 is 0 Å².